The summed E-state index contributed by atoms with van der Waals surface area (Å²) in [5.74, 6) is 0.234. The van der Waals surface area contributed by atoms with Gasteiger partial charge in [-0.15, -0.1) is 37.2 Å². The Morgan fingerprint density at radius 3 is 2.45 bits per heavy atom. The number of hydrogen-bond donors (Lipinski definition) is 2. The van der Waals surface area contributed by atoms with Crippen molar-refractivity contribution in [1.82, 2.24) is 20.4 Å². The molecule has 2 saturated heterocycles. The maximum atomic E-state index is 13.8. The zero-order valence-electron chi connectivity index (χ0n) is 22.2. The topological polar surface area (TPSA) is 47.6 Å². The maximum absolute atomic E-state index is 13.8. The molecule has 5 rings (SSSR count). The summed E-state index contributed by atoms with van der Waals surface area (Å²) >= 11 is 6.11. The quantitative estimate of drug-likeness (QED) is 0.473. The van der Waals surface area contributed by atoms with Crippen LogP contribution in [0.5, 0.6) is 0 Å². The van der Waals surface area contributed by atoms with Gasteiger partial charge in [0, 0.05) is 42.8 Å². The van der Waals surface area contributed by atoms with Gasteiger partial charge in [0.2, 0.25) is 5.91 Å². The number of likely N-dealkylation sites (N-methyl/N-ethyl adjacent to an activating group) is 1. The average molecular weight is 604 g/mol. The molecular formula is C29H42Cl4N4O. The van der Waals surface area contributed by atoms with Gasteiger partial charge in [0.15, 0.2) is 0 Å². The van der Waals surface area contributed by atoms with Crippen molar-refractivity contribution in [3.63, 3.8) is 0 Å². The Morgan fingerprint density at radius 2 is 1.76 bits per heavy atom. The van der Waals surface area contributed by atoms with Gasteiger partial charge in [-0.05, 0) is 80.9 Å². The summed E-state index contributed by atoms with van der Waals surface area (Å²) in [4.78, 5) is 18.5. The van der Waals surface area contributed by atoms with E-state index >= 15 is 0 Å². The first-order chi connectivity index (χ1) is 17.0. The lowest BCUT2D eigenvalue weighted by molar-refractivity contribution is -0.136. The van der Waals surface area contributed by atoms with Gasteiger partial charge in [0.05, 0.1) is 6.04 Å². The number of nitrogens with one attached hydrogen (secondary N) is 2. The van der Waals surface area contributed by atoms with E-state index in [1.54, 1.807) is 0 Å². The molecule has 5 nitrogen and oxygen atoms in total. The molecule has 0 radical (unpaired) electrons. The van der Waals surface area contributed by atoms with E-state index in [4.69, 9.17) is 11.6 Å². The molecule has 2 aromatic carbocycles. The van der Waals surface area contributed by atoms with Gasteiger partial charge in [-0.2, -0.15) is 0 Å². The standard InChI is InChI=1S/C29H39ClN4O.3ClH/c1-33-17-13-23-6-2-3-8-26(23)29(33)14-18-34(19-15-29)28(35)27(20-22-9-11-24(30)12-10-22)32-21-25-7-4-5-16-31-25;;;/h2-3,6,8-12,25,27,31-32H,4-5,7,13-21H2,1H3;3*1H/t25?,27-;;;/m1.../s1. The predicted octanol–water partition coefficient (Wildman–Crippen LogP) is 5.25. The fraction of sp³-hybridized carbons (Fsp3) is 0.552. The molecule has 1 amide bonds. The molecule has 212 valence electrons. The fourth-order valence-electron chi connectivity index (χ4n) is 6.35. The zero-order chi connectivity index (χ0) is 24.3. The highest BCUT2D eigenvalue weighted by molar-refractivity contribution is 6.30. The number of piperidine rings is 2. The van der Waals surface area contributed by atoms with E-state index in [-0.39, 0.29) is 54.7 Å². The Labute approximate surface area is 251 Å². The summed E-state index contributed by atoms with van der Waals surface area (Å²) in [7, 11) is 2.26. The predicted molar refractivity (Wildman–Crippen MR) is 165 cm³/mol. The summed E-state index contributed by atoms with van der Waals surface area (Å²) in [6.45, 7) is 4.60. The molecule has 1 spiro atoms. The van der Waals surface area contributed by atoms with Crippen molar-refractivity contribution < 1.29 is 4.79 Å². The second kappa shape index (κ2) is 15.1. The third-order valence-electron chi connectivity index (χ3n) is 8.54. The molecule has 9 heteroatoms. The third kappa shape index (κ3) is 7.37. The van der Waals surface area contributed by atoms with Crippen LogP contribution in [0.4, 0.5) is 0 Å². The van der Waals surface area contributed by atoms with Crippen LogP contribution in [-0.2, 0) is 23.2 Å². The Kier molecular flexibility index (Phi) is 13.2. The number of halogens is 4. The Hall–Kier alpha value is -1.05. The van der Waals surface area contributed by atoms with Gasteiger partial charge < -0.3 is 15.5 Å². The van der Waals surface area contributed by atoms with Crippen LogP contribution in [0.2, 0.25) is 5.02 Å². The number of carbonyl (C=O) groups is 1. The van der Waals surface area contributed by atoms with E-state index in [0.717, 1.165) is 62.6 Å². The van der Waals surface area contributed by atoms with Gasteiger partial charge >= 0.3 is 0 Å². The van der Waals surface area contributed by atoms with Crippen LogP contribution in [0, 0.1) is 0 Å². The molecule has 3 aliphatic heterocycles. The monoisotopic (exact) mass is 602 g/mol. The number of amides is 1. The molecule has 2 N–H and O–H groups in total. The normalized spacial score (nSPS) is 21.3. The van der Waals surface area contributed by atoms with Gasteiger partial charge in [-0.1, -0.05) is 54.4 Å². The molecule has 2 fully saturated rings. The van der Waals surface area contributed by atoms with E-state index in [1.807, 2.05) is 24.3 Å². The maximum Gasteiger partial charge on any atom is 0.240 e. The minimum absolute atomic E-state index is 0. The van der Waals surface area contributed by atoms with Crippen molar-refractivity contribution in [2.45, 2.75) is 62.6 Å². The number of likely N-dealkylation sites (tertiary alicyclic amines) is 1. The molecule has 0 aliphatic carbocycles. The SMILES string of the molecule is CN1CCc2ccccc2C12CCN(C(=O)[C@@H](Cc1ccc(Cl)cc1)NCC1CCCCN1)CC2.Cl.Cl.Cl. The van der Waals surface area contributed by atoms with Gasteiger partial charge in [0.1, 0.15) is 0 Å². The second-order valence-electron chi connectivity index (χ2n) is 10.6. The summed E-state index contributed by atoms with van der Waals surface area (Å²) < 4.78 is 0. The Morgan fingerprint density at radius 1 is 1.05 bits per heavy atom. The Bertz CT molecular complexity index is 1010. The number of benzene rings is 2. The van der Waals surface area contributed by atoms with Crippen molar-refractivity contribution in [3.8, 4) is 0 Å². The summed E-state index contributed by atoms with van der Waals surface area (Å²) in [5, 5.41) is 7.99. The summed E-state index contributed by atoms with van der Waals surface area (Å²) in [5.41, 5.74) is 4.15. The van der Waals surface area contributed by atoms with Gasteiger partial charge in [-0.3, -0.25) is 9.69 Å². The molecule has 3 heterocycles. The number of fused-ring (bicyclic) bond motifs is 2. The van der Waals surface area contributed by atoms with Crippen molar-refractivity contribution in [2.75, 3.05) is 39.8 Å². The van der Waals surface area contributed by atoms with Crippen LogP contribution in [0.3, 0.4) is 0 Å². The van der Waals surface area contributed by atoms with E-state index in [9.17, 15) is 4.79 Å². The lowest BCUT2D eigenvalue weighted by Crippen LogP contribution is -2.58. The third-order valence-corrected chi connectivity index (χ3v) is 8.79. The minimum atomic E-state index is -0.217. The number of carbonyl (C=O) groups excluding carboxylic acids is 1. The molecular weight excluding hydrogens is 562 g/mol. The zero-order valence-corrected chi connectivity index (χ0v) is 25.4. The molecule has 2 atom stereocenters. The number of hydrogen-bond acceptors (Lipinski definition) is 4. The largest absolute Gasteiger partial charge is 0.341 e. The molecule has 0 saturated carbocycles. The lowest BCUT2D eigenvalue weighted by atomic mass is 9.74. The molecule has 2 aromatic rings. The van der Waals surface area contributed by atoms with Crippen LogP contribution in [-0.4, -0.2) is 67.6 Å². The molecule has 38 heavy (non-hydrogen) atoms. The fourth-order valence-corrected chi connectivity index (χ4v) is 6.48. The van der Waals surface area contributed by atoms with Crippen LogP contribution >= 0.6 is 48.8 Å². The smallest absolute Gasteiger partial charge is 0.240 e. The molecule has 0 aromatic heterocycles. The average Bonchev–Trinajstić information content (AvgIpc) is 2.91. The second-order valence-corrected chi connectivity index (χ2v) is 11.1. The minimum Gasteiger partial charge on any atom is -0.341 e. The van der Waals surface area contributed by atoms with Gasteiger partial charge in [-0.25, -0.2) is 0 Å². The van der Waals surface area contributed by atoms with Crippen molar-refractivity contribution in [3.05, 3.63) is 70.2 Å². The number of rotatable bonds is 6. The van der Waals surface area contributed by atoms with Crippen LogP contribution in [0.1, 0.15) is 48.8 Å². The van der Waals surface area contributed by atoms with E-state index < -0.39 is 0 Å². The van der Waals surface area contributed by atoms with Gasteiger partial charge in [0.25, 0.3) is 0 Å². The summed E-state index contributed by atoms with van der Waals surface area (Å²) in [6.07, 6.45) is 7.46. The van der Waals surface area contributed by atoms with Crippen LogP contribution in [0.15, 0.2) is 48.5 Å². The molecule has 0 bridgehead atoms. The van der Waals surface area contributed by atoms with Crippen molar-refractivity contribution in [2.24, 2.45) is 0 Å². The first-order valence-electron chi connectivity index (χ1n) is 13.3. The van der Waals surface area contributed by atoms with Crippen LogP contribution in [0.25, 0.3) is 0 Å². The van der Waals surface area contributed by atoms with Crippen LogP contribution < -0.4 is 10.6 Å². The highest BCUT2D eigenvalue weighted by Crippen LogP contribution is 2.42. The van der Waals surface area contributed by atoms with E-state index in [0.29, 0.717) is 12.5 Å². The highest BCUT2D eigenvalue weighted by Gasteiger charge is 2.44. The van der Waals surface area contributed by atoms with E-state index in [2.05, 4.69) is 51.7 Å². The molecule has 1 unspecified atom stereocenters. The van der Waals surface area contributed by atoms with E-state index in [1.165, 1.54) is 30.4 Å². The molecule has 3 aliphatic rings. The Balaban J connectivity index is 0.00000169. The summed E-state index contributed by atoms with van der Waals surface area (Å²) in [6, 6.07) is 17.1. The number of nitrogens with zero attached hydrogens (tertiary/aromatic N) is 2. The highest BCUT2D eigenvalue weighted by atomic mass is 35.5. The lowest BCUT2D eigenvalue weighted by Gasteiger charge is -2.51. The first-order valence-corrected chi connectivity index (χ1v) is 13.7. The van der Waals surface area contributed by atoms with Crippen molar-refractivity contribution >= 4 is 54.7 Å². The first kappa shape index (κ1) is 33.2. The van der Waals surface area contributed by atoms with Crippen molar-refractivity contribution in [1.29, 1.82) is 0 Å².